The summed E-state index contributed by atoms with van der Waals surface area (Å²) in [5, 5.41) is 0.606. The molecule has 2 atom stereocenters. The van der Waals surface area contributed by atoms with Gasteiger partial charge in [-0.2, -0.15) is 0 Å². The normalized spacial score (nSPS) is 19.5. The summed E-state index contributed by atoms with van der Waals surface area (Å²) in [7, 11) is 3.47. The molecule has 1 amide bonds. The van der Waals surface area contributed by atoms with E-state index in [1.165, 1.54) is 7.11 Å². The molecule has 0 radical (unpaired) electrons. The highest BCUT2D eigenvalue weighted by molar-refractivity contribution is 6.30. The Labute approximate surface area is 252 Å². The van der Waals surface area contributed by atoms with Gasteiger partial charge in [0.05, 0.1) is 23.7 Å². The molecule has 1 fully saturated rings. The number of hydrogen-bond donors (Lipinski definition) is 0. The number of ether oxygens (including phenoxy) is 2. The number of allylic oxidation sites excluding steroid dienone is 1. The number of fused-ring (bicyclic) bond motifs is 2. The Morgan fingerprint density at radius 3 is 2.57 bits per heavy atom. The van der Waals surface area contributed by atoms with Crippen LogP contribution in [0.1, 0.15) is 61.2 Å². The number of imidazole rings is 1. The number of nitrogens with zero attached hydrogens (tertiary/aromatic N) is 5. The van der Waals surface area contributed by atoms with E-state index in [4.69, 9.17) is 26.1 Å². The van der Waals surface area contributed by atoms with Gasteiger partial charge in [0.1, 0.15) is 6.61 Å². The minimum Gasteiger partial charge on any atom is -0.447 e. The van der Waals surface area contributed by atoms with Crippen molar-refractivity contribution < 1.29 is 19.1 Å². The number of pyridine rings is 1. The maximum Gasteiger partial charge on any atom is 0.410 e. The van der Waals surface area contributed by atoms with Crippen molar-refractivity contribution in [3.63, 3.8) is 0 Å². The lowest BCUT2D eigenvalue weighted by Gasteiger charge is -2.46. The van der Waals surface area contributed by atoms with Crippen molar-refractivity contribution in [2.75, 3.05) is 39.9 Å². The highest BCUT2D eigenvalue weighted by Crippen LogP contribution is 2.48. The molecule has 10 heteroatoms. The number of rotatable bonds is 8. The van der Waals surface area contributed by atoms with E-state index in [1.54, 1.807) is 11.2 Å². The summed E-state index contributed by atoms with van der Waals surface area (Å²) >= 11 is 6.68. The lowest BCUT2D eigenvalue weighted by molar-refractivity contribution is -0.122. The van der Waals surface area contributed by atoms with Gasteiger partial charge < -0.3 is 18.9 Å². The number of amides is 1. The van der Waals surface area contributed by atoms with E-state index >= 15 is 0 Å². The van der Waals surface area contributed by atoms with Crippen molar-refractivity contribution in [1.82, 2.24) is 24.3 Å². The number of piperazine rings is 1. The fraction of sp³-hybridized carbons (Fsp3) is 0.438. The minimum atomic E-state index is -0.643. The highest BCUT2D eigenvalue weighted by Gasteiger charge is 2.44. The summed E-state index contributed by atoms with van der Waals surface area (Å²) in [4.78, 5) is 39.2. The number of methoxy groups -OCH3 is 1. The summed E-state index contributed by atoms with van der Waals surface area (Å²) < 4.78 is 12.6. The third-order valence-electron chi connectivity index (χ3n) is 8.26. The molecular formula is C32H38ClN5O4. The molecule has 222 valence electrons. The minimum absolute atomic E-state index is 0.00370. The van der Waals surface area contributed by atoms with Crippen molar-refractivity contribution in [3.05, 3.63) is 82.2 Å². The van der Waals surface area contributed by atoms with Crippen LogP contribution in [-0.2, 0) is 26.9 Å². The number of carbonyl (C=O) groups is 2. The number of ketones is 1. The van der Waals surface area contributed by atoms with Gasteiger partial charge in [0.25, 0.3) is 0 Å². The predicted molar refractivity (Wildman–Crippen MR) is 162 cm³/mol. The van der Waals surface area contributed by atoms with Crippen molar-refractivity contribution in [3.8, 4) is 0 Å². The van der Waals surface area contributed by atoms with E-state index in [0.29, 0.717) is 31.2 Å². The van der Waals surface area contributed by atoms with Crippen LogP contribution in [0.5, 0.6) is 0 Å². The van der Waals surface area contributed by atoms with Crippen molar-refractivity contribution in [2.24, 2.45) is 7.05 Å². The summed E-state index contributed by atoms with van der Waals surface area (Å²) in [6.45, 7) is 8.28. The van der Waals surface area contributed by atoms with Gasteiger partial charge in [-0.15, -0.1) is 0 Å². The van der Waals surface area contributed by atoms with Gasteiger partial charge in [-0.25, -0.2) is 9.78 Å². The molecule has 3 aromatic rings. The lowest BCUT2D eigenvalue weighted by atomic mass is 9.79. The first-order valence-electron chi connectivity index (χ1n) is 14.3. The van der Waals surface area contributed by atoms with E-state index < -0.39 is 5.54 Å². The zero-order valence-electron chi connectivity index (χ0n) is 24.8. The van der Waals surface area contributed by atoms with E-state index in [9.17, 15) is 9.59 Å². The standard InChI is InChI=1S/C32H38ClN5O4/c1-21(2)42-31(40)37-11-13-38(14-12-37)32(3)28-9-8-23(33)16-26(28)25(15-22-7-6-10-35-30(22)32)27(17-24(39)19-41-5)29-18-34-20-36(29)4/h6-10,15-16,18,20-21,27H,11-14,17,19H2,1-5H3/t27-,32+/m1/s1. The van der Waals surface area contributed by atoms with Crippen LogP contribution in [0.15, 0.2) is 49.1 Å². The van der Waals surface area contributed by atoms with Crippen molar-refractivity contribution in [1.29, 1.82) is 0 Å². The first kappa shape index (κ1) is 29.9. The smallest absolute Gasteiger partial charge is 0.410 e. The van der Waals surface area contributed by atoms with Crippen molar-refractivity contribution >= 4 is 35.1 Å². The predicted octanol–water partition coefficient (Wildman–Crippen LogP) is 5.14. The number of halogens is 1. The quantitative estimate of drug-likeness (QED) is 0.358. The number of carbonyl (C=O) groups excluding carboxylic acids is 2. The molecular weight excluding hydrogens is 554 g/mol. The first-order chi connectivity index (χ1) is 20.1. The van der Waals surface area contributed by atoms with E-state index in [0.717, 1.165) is 33.7 Å². The molecule has 0 spiro atoms. The van der Waals surface area contributed by atoms with Crippen molar-refractivity contribution in [2.45, 2.75) is 44.8 Å². The molecule has 1 aliphatic carbocycles. The van der Waals surface area contributed by atoms with Crippen LogP contribution in [0.25, 0.3) is 11.6 Å². The molecule has 2 aliphatic rings. The van der Waals surface area contributed by atoms with Crippen LogP contribution in [0.4, 0.5) is 4.79 Å². The lowest BCUT2D eigenvalue weighted by Crippen LogP contribution is -2.56. The van der Waals surface area contributed by atoms with Gasteiger partial charge in [-0.1, -0.05) is 23.7 Å². The maximum absolute atomic E-state index is 13.1. The number of benzene rings is 1. The Morgan fingerprint density at radius 1 is 1.14 bits per heavy atom. The summed E-state index contributed by atoms with van der Waals surface area (Å²) in [6, 6.07) is 9.99. The zero-order valence-corrected chi connectivity index (χ0v) is 25.6. The molecule has 0 unspecified atom stereocenters. The number of aryl methyl sites for hydroxylation is 1. The molecule has 5 rings (SSSR count). The fourth-order valence-corrected chi connectivity index (χ4v) is 6.41. The Kier molecular flexibility index (Phi) is 8.82. The van der Waals surface area contributed by atoms with Crippen LogP contribution < -0.4 is 0 Å². The molecule has 0 bridgehead atoms. The van der Waals surface area contributed by atoms with Gasteiger partial charge in [0, 0.05) is 75.8 Å². The Morgan fingerprint density at radius 2 is 1.90 bits per heavy atom. The molecule has 1 saturated heterocycles. The van der Waals surface area contributed by atoms with Crippen LogP contribution in [0.2, 0.25) is 5.02 Å². The Balaban J connectivity index is 1.64. The molecule has 0 saturated carbocycles. The molecule has 0 N–H and O–H groups in total. The first-order valence-corrected chi connectivity index (χ1v) is 14.7. The van der Waals surface area contributed by atoms with E-state index in [2.05, 4.69) is 35.0 Å². The molecule has 42 heavy (non-hydrogen) atoms. The molecule has 9 nitrogen and oxygen atoms in total. The molecule has 1 aromatic carbocycles. The van der Waals surface area contributed by atoms with Gasteiger partial charge >= 0.3 is 6.09 Å². The average Bonchev–Trinajstić information content (AvgIpc) is 3.35. The van der Waals surface area contributed by atoms with Crippen LogP contribution in [-0.4, -0.2) is 82.2 Å². The van der Waals surface area contributed by atoms with Gasteiger partial charge in [0.2, 0.25) is 0 Å². The fourth-order valence-electron chi connectivity index (χ4n) is 6.24. The largest absolute Gasteiger partial charge is 0.447 e. The summed E-state index contributed by atoms with van der Waals surface area (Å²) in [6.07, 6.45) is 7.33. The number of hydrogen-bond acceptors (Lipinski definition) is 7. The topological polar surface area (TPSA) is 89.8 Å². The van der Waals surface area contributed by atoms with E-state index in [1.807, 2.05) is 56.1 Å². The number of Topliss-reactive ketones (excluding diaryl/α,β-unsaturated/α-hetero) is 1. The number of aromatic nitrogens is 3. The van der Waals surface area contributed by atoms with Gasteiger partial charge in [-0.3, -0.25) is 14.7 Å². The summed E-state index contributed by atoms with van der Waals surface area (Å²) in [5.41, 5.74) is 5.13. The zero-order chi connectivity index (χ0) is 30.0. The third-order valence-corrected chi connectivity index (χ3v) is 8.49. The third kappa shape index (κ3) is 5.73. The van der Waals surface area contributed by atoms with Crippen LogP contribution >= 0.6 is 11.6 Å². The van der Waals surface area contributed by atoms with E-state index in [-0.39, 0.29) is 36.9 Å². The van der Waals surface area contributed by atoms with Gasteiger partial charge in [0.15, 0.2) is 5.78 Å². The second-order valence-electron chi connectivity index (χ2n) is 11.4. The monoisotopic (exact) mass is 591 g/mol. The maximum atomic E-state index is 13.1. The molecule has 3 heterocycles. The molecule has 2 aromatic heterocycles. The van der Waals surface area contributed by atoms with Crippen LogP contribution in [0.3, 0.4) is 0 Å². The average molecular weight is 592 g/mol. The highest BCUT2D eigenvalue weighted by atomic mass is 35.5. The second-order valence-corrected chi connectivity index (χ2v) is 11.8. The Hall–Kier alpha value is -3.53. The molecule has 1 aliphatic heterocycles. The second kappa shape index (κ2) is 12.4. The van der Waals surface area contributed by atoms with Gasteiger partial charge in [-0.05, 0) is 67.3 Å². The van der Waals surface area contributed by atoms with Crippen LogP contribution in [0, 0.1) is 0 Å². The Bertz CT molecular complexity index is 1490. The summed E-state index contributed by atoms with van der Waals surface area (Å²) in [5.74, 6) is -0.300. The SMILES string of the molecule is COCC(=O)C[C@H](C1=Cc2cccnc2[C@@](C)(N2CCN(C(=O)OC(C)C)CC2)c2ccc(Cl)cc21)c1cncn1C.